The summed E-state index contributed by atoms with van der Waals surface area (Å²) in [5, 5.41) is 7.84. The highest BCUT2D eigenvalue weighted by molar-refractivity contribution is 8.00. The fourth-order valence-corrected chi connectivity index (χ4v) is 7.98. The Hall–Kier alpha value is -3.83. The molecule has 0 bridgehead atoms. The molecule has 0 saturated heterocycles. The van der Waals surface area contributed by atoms with Gasteiger partial charge in [-0.25, -0.2) is 19.5 Å². The van der Waals surface area contributed by atoms with E-state index >= 15 is 0 Å². The zero-order chi connectivity index (χ0) is 30.2. The van der Waals surface area contributed by atoms with E-state index in [0.717, 1.165) is 29.5 Å². The molecule has 0 saturated carbocycles. The third-order valence-corrected chi connectivity index (χ3v) is 9.95. The first-order chi connectivity index (χ1) is 20.6. The molecular formula is C38H39N4S+. The summed E-state index contributed by atoms with van der Waals surface area (Å²) < 4.78 is 2.33. The standard InChI is InChI=1S/C38H39N4S/c1-20(2)17-30-27-12-10-9-11-26(27)23(7)32-34-33-28(15-16-42(34)8)29-18-25(14-13-24(29)19-31(33)43-35(30)32)38-40-36(21(3)4)39-37(41-38)22(5)6/h9-16,18-22H,17H2,1-8H3/q+1. The first-order valence-electron chi connectivity index (χ1n) is 15.5. The van der Waals surface area contributed by atoms with Gasteiger partial charge in [0.15, 0.2) is 12.0 Å². The molecule has 4 aromatic carbocycles. The summed E-state index contributed by atoms with van der Waals surface area (Å²) in [6.45, 7) is 15.5. The maximum Gasteiger partial charge on any atom is 0.222 e. The van der Waals surface area contributed by atoms with Crippen LogP contribution in [0, 0.1) is 12.8 Å². The Labute approximate surface area is 258 Å². The molecule has 6 aromatic rings. The number of pyridine rings is 1. The minimum Gasteiger partial charge on any atom is -0.217 e. The van der Waals surface area contributed by atoms with E-state index in [-0.39, 0.29) is 11.8 Å². The number of aryl methyl sites for hydroxylation is 2. The van der Waals surface area contributed by atoms with Gasteiger partial charge < -0.3 is 0 Å². The lowest BCUT2D eigenvalue weighted by molar-refractivity contribution is -0.659. The van der Waals surface area contributed by atoms with E-state index in [1.54, 1.807) is 0 Å². The number of nitrogens with zero attached hydrogens (tertiary/aromatic N) is 4. The zero-order valence-corrected chi connectivity index (χ0v) is 27.2. The highest BCUT2D eigenvalue weighted by Crippen LogP contribution is 2.53. The smallest absolute Gasteiger partial charge is 0.217 e. The van der Waals surface area contributed by atoms with Gasteiger partial charge in [0, 0.05) is 38.6 Å². The monoisotopic (exact) mass is 583 g/mol. The SMILES string of the molecule is Cc1c2c(c(CC(C)C)c3ccccc13)Sc1cc3ccc(-c4nc(C(C)C)nc(C(C)C)n4)cc3c3cc[n+](C)c-2c13. The van der Waals surface area contributed by atoms with E-state index < -0.39 is 0 Å². The minimum absolute atomic E-state index is 0.237. The maximum absolute atomic E-state index is 4.92. The Kier molecular flexibility index (Phi) is 6.77. The molecule has 0 unspecified atom stereocenters. The van der Waals surface area contributed by atoms with Crippen molar-refractivity contribution in [2.24, 2.45) is 13.0 Å². The van der Waals surface area contributed by atoms with Gasteiger partial charge in [0.2, 0.25) is 5.69 Å². The Bertz CT molecular complexity index is 2070. The third-order valence-electron chi connectivity index (χ3n) is 8.75. The van der Waals surface area contributed by atoms with Crippen LogP contribution >= 0.6 is 11.8 Å². The van der Waals surface area contributed by atoms with Crippen molar-refractivity contribution in [1.29, 1.82) is 0 Å². The summed E-state index contributed by atoms with van der Waals surface area (Å²) in [4.78, 5) is 17.4. The van der Waals surface area contributed by atoms with E-state index in [1.807, 2.05) is 11.8 Å². The molecule has 0 spiro atoms. The predicted molar refractivity (Wildman–Crippen MR) is 180 cm³/mol. The molecule has 7 rings (SSSR count). The van der Waals surface area contributed by atoms with Gasteiger partial charge in [-0.2, -0.15) is 0 Å². The van der Waals surface area contributed by atoms with Crippen molar-refractivity contribution in [2.45, 2.75) is 76.5 Å². The molecule has 0 atom stereocenters. The predicted octanol–water partition coefficient (Wildman–Crippen LogP) is 9.71. The first kappa shape index (κ1) is 28.0. The number of hydrogen-bond acceptors (Lipinski definition) is 4. The molecule has 4 nitrogen and oxygen atoms in total. The van der Waals surface area contributed by atoms with Crippen LogP contribution in [0.1, 0.15) is 76.2 Å². The van der Waals surface area contributed by atoms with Gasteiger partial charge in [-0.1, -0.05) is 89.7 Å². The second kappa shape index (κ2) is 10.4. The van der Waals surface area contributed by atoms with E-state index in [4.69, 9.17) is 15.0 Å². The molecule has 0 amide bonds. The number of hydrogen-bond donors (Lipinski definition) is 0. The highest BCUT2D eigenvalue weighted by Gasteiger charge is 2.32. The highest BCUT2D eigenvalue weighted by atomic mass is 32.2. The molecular weight excluding hydrogens is 545 g/mol. The summed E-state index contributed by atoms with van der Waals surface area (Å²) in [6.07, 6.45) is 3.30. The Balaban J connectivity index is 1.53. The summed E-state index contributed by atoms with van der Waals surface area (Å²) in [7, 11) is 2.20. The maximum atomic E-state index is 4.92. The van der Waals surface area contributed by atoms with Crippen molar-refractivity contribution in [2.75, 3.05) is 0 Å². The summed E-state index contributed by atoms with van der Waals surface area (Å²) in [5.41, 5.74) is 6.57. The van der Waals surface area contributed by atoms with E-state index in [1.165, 1.54) is 64.5 Å². The van der Waals surface area contributed by atoms with Crippen LogP contribution in [0.2, 0.25) is 0 Å². The lowest BCUT2D eigenvalue weighted by Crippen LogP contribution is -2.32. The summed E-state index contributed by atoms with van der Waals surface area (Å²) >= 11 is 1.96. The fourth-order valence-electron chi connectivity index (χ4n) is 6.60. The molecule has 1 aliphatic rings. The lowest BCUT2D eigenvalue weighted by atomic mass is 9.87. The van der Waals surface area contributed by atoms with Crippen LogP contribution in [0.5, 0.6) is 0 Å². The van der Waals surface area contributed by atoms with Crippen molar-refractivity contribution in [3.63, 3.8) is 0 Å². The zero-order valence-electron chi connectivity index (χ0n) is 26.4. The topological polar surface area (TPSA) is 42.6 Å². The molecule has 43 heavy (non-hydrogen) atoms. The number of aromatic nitrogens is 4. The van der Waals surface area contributed by atoms with Gasteiger partial charge >= 0.3 is 0 Å². The molecule has 0 N–H and O–H groups in total. The van der Waals surface area contributed by atoms with Crippen LogP contribution in [0.4, 0.5) is 0 Å². The molecule has 216 valence electrons. The van der Waals surface area contributed by atoms with E-state index in [0.29, 0.717) is 5.92 Å². The van der Waals surface area contributed by atoms with E-state index in [2.05, 4.69) is 121 Å². The third kappa shape index (κ3) is 4.51. The Morgan fingerprint density at radius 2 is 1.47 bits per heavy atom. The van der Waals surface area contributed by atoms with Gasteiger partial charge in [0.1, 0.15) is 18.7 Å². The Morgan fingerprint density at radius 1 is 0.767 bits per heavy atom. The largest absolute Gasteiger partial charge is 0.222 e. The van der Waals surface area contributed by atoms with Crippen molar-refractivity contribution in [3.8, 4) is 22.6 Å². The van der Waals surface area contributed by atoms with Gasteiger partial charge in [-0.3, -0.25) is 0 Å². The second-order valence-corrected chi connectivity index (χ2v) is 14.2. The fraction of sp³-hybridized carbons (Fsp3) is 0.316. The number of benzene rings is 4. The minimum atomic E-state index is 0.237. The van der Waals surface area contributed by atoms with E-state index in [9.17, 15) is 0 Å². The molecule has 1 aliphatic heterocycles. The average Bonchev–Trinajstić information content (AvgIpc) is 2.99. The lowest BCUT2D eigenvalue weighted by Gasteiger charge is -2.25. The average molecular weight is 584 g/mol. The molecule has 3 heterocycles. The quantitative estimate of drug-likeness (QED) is 0.149. The van der Waals surface area contributed by atoms with Gasteiger partial charge in [-0.05, 0) is 64.1 Å². The van der Waals surface area contributed by atoms with Crippen LogP contribution in [-0.2, 0) is 13.5 Å². The van der Waals surface area contributed by atoms with Gasteiger partial charge in [-0.15, -0.1) is 0 Å². The van der Waals surface area contributed by atoms with Gasteiger partial charge in [0.25, 0.3) is 0 Å². The summed E-state index contributed by atoms with van der Waals surface area (Å²) in [6, 6.07) is 20.4. The number of fused-ring (bicyclic) bond motifs is 5. The molecule has 0 radical (unpaired) electrons. The first-order valence-corrected chi connectivity index (χ1v) is 16.3. The van der Waals surface area contributed by atoms with Crippen molar-refractivity contribution in [1.82, 2.24) is 15.0 Å². The van der Waals surface area contributed by atoms with Crippen molar-refractivity contribution >= 4 is 44.1 Å². The van der Waals surface area contributed by atoms with Crippen LogP contribution in [0.15, 0.2) is 70.6 Å². The van der Waals surface area contributed by atoms with Gasteiger partial charge in [0.05, 0.1) is 10.9 Å². The normalized spacial score (nSPS) is 12.8. The molecule has 5 heteroatoms. The number of rotatable bonds is 5. The Morgan fingerprint density at radius 3 is 2.14 bits per heavy atom. The van der Waals surface area contributed by atoms with Crippen LogP contribution in [0.3, 0.4) is 0 Å². The second-order valence-electron chi connectivity index (χ2n) is 13.1. The van der Waals surface area contributed by atoms with Crippen LogP contribution in [0.25, 0.3) is 55.0 Å². The molecule has 0 fully saturated rings. The van der Waals surface area contributed by atoms with Crippen LogP contribution in [-0.4, -0.2) is 15.0 Å². The summed E-state index contributed by atoms with van der Waals surface area (Å²) in [5.74, 6) is 3.51. The van der Waals surface area contributed by atoms with Crippen molar-refractivity contribution < 1.29 is 4.57 Å². The molecule has 0 aliphatic carbocycles. The van der Waals surface area contributed by atoms with Crippen LogP contribution < -0.4 is 4.57 Å². The molecule has 2 aromatic heterocycles. The van der Waals surface area contributed by atoms with Crippen molar-refractivity contribution in [3.05, 3.63) is 83.6 Å².